The molecule has 0 aromatic rings. The van der Waals surface area contributed by atoms with Gasteiger partial charge in [-0.05, 0) is 44.9 Å². The van der Waals surface area contributed by atoms with E-state index in [1.165, 1.54) is 72.1 Å². The molecule has 8 amide bonds. The number of nitrogens with one attached hydrogen (secondary N) is 6. The molecular formula is C68H110N8O28PS2-. The van der Waals surface area contributed by atoms with E-state index >= 15 is 0 Å². The molecule has 7 unspecified atom stereocenters. The van der Waals surface area contributed by atoms with Crippen molar-refractivity contribution in [3.63, 3.8) is 0 Å². The first-order valence-corrected chi connectivity index (χ1v) is 39.2. The quantitative estimate of drug-likeness (QED) is 0.0161. The Kier molecular flexibility index (Phi) is 43.6. The van der Waals surface area contributed by atoms with Crippen molar-refractivity contribution >= 4 is 117 Å². The smallest absolute Gasteiger partial charge is 0.307 e. The van der Waals surface area contributed by atoms with Crippen molar-refractivity contribution in [2.75, 3.05) is 78.9 Å². The SMILES string of the molecule is CCC(OC(=O)CCC(=O)N[S-](=P)=S)C(=O)N(CCNC(=O)CCCCO[C@@H]1OC(COC(C)=O)[C@H](OC(C)=O)[C@H](C)C1NC(C)=O)CCN(CCNC(=O)CCCCO[C@@H]1OC(COC(C)=O)[C@H](OC(C)=O)[C@H](C)C1NC(C)=O)C(=O)CCCCO[C@@H]1OC(COC(C)=O)[C@H](OC(C)=O)[C@H](C)C1NC(C)=O. The molecule has 0 aromatic heterocycles. The number of carbonyl (C=O) groups excluding carboxylic acids is 15. The first-order chi connectivity index (χ1) is 50.5. The summed E-state index contributed by atoms with van der Waals surface area (Å²) in [5.41, 5.74) is 0. The Morgan fingerprint density at radius 2 is 0.794 bits per heavy atom. The Bertz CT molecular complexity index is 3070. The number of carbonyl (C=O) groups is 15. The molecule has 39 heteroatoms. The number of hydrogen-bond acceptors (Lipinski definition) is 30. The molecular weight excluding hydrogens is 1470 g/mol. The van der Waals surface area contributed by atoms with Gasteiger partial charge in [-0.3, -0.25) is 88.8 Å². The van der Waals surface area contributed by atoms with Gasteiger partial charge in [0.2, 0.25) is 41.4 Å². The van der Waals surface area contributed by atoms with Gasteiger partial charge in [0.05, 0.1) is 24.5 Å². The number of nitrogens with zero attached hydrogens (tertiary/aromatic N) is 2. The predicted molar refractivity (Wildman–Crippen MR) is 382 cm³/mol. The molecule has 0 bridgehead atoms. The van der Waals surface area contributed by atoms with Crippen LogP contribution in [-0.2, 0) is 154 Å². The summed E-state index contributed by atoms with van der Waals surface area (Å²) in [5, 5.41) is 14.0. The largest absolute Gasteiger partial charge is 0.463 e. The van der Waals surface area contributed by atoms with E-state index in [0.29, 0.717) is 25.7 Å². The zero-order valence-corrected chi connectivity index (χ0v) is 66.0. The van der Waals surface area contributed by atoms with Crippen LogP contribution in [0.25, 0.3) is 0 Å². The van der Waals surface area contributed by atoms with Crippen LogP contribution in [0.3, 0.4) is 0 Å². The second-order valence-electron chi connectivity index (χ2n) is 26.1. The second-order valence-corrected chi connectivity index (χ2v) is 29.9. The number of rotatable bonds is 46. The Morgan fingerprint density at radius 3 is 1.12 bits per heavy atom. The van der Waals surface area contributed by atoms with E-state index < -0.39 is 202 Å². The fourth-order valence-corrected chi connectivity index (χ4v) is 12.9. The minimum atomic E-state index is -1.38. The average molecular weight is 1580 g/mol. The summed E-state index contributed by atoms with van der Waals surface area (Å²) in [6, 6.07) is -2.41. The number of esters is 7. The van der Waals surface area contributed by atoms with Gasteiger partial charge in [0.15, 0.2) is 25.0 Å². The number of ether oxygens (including phenoxy) is 13. The maximum atomic E-state index is 14.6. The molecule has 0 radical (unpaired) electrons. The maximum absolute atomic E-state index is 14.6. The molecule has 3 aliphatic rings. The van der Waals surface area contributed by atoms with Crippen molar-refractivity contribution in [1.82, 2.24) is 41.1 Å². The third-order valence-corrected chi connectivity index (χ3v) is 18.1. The highest BCUT2D eigenvalue weighted by atomic mass is 32.9. The second kappa shape index (κ2) is 49.7. The summed E-state index contributed by atoms with van der Waals surface area (Å²) < 4.78 is 77.0. The molecule has 0 spiro atoms. The van der Waals surface area contributed by atoms with Crippen molar-refractivity contribution < 1.29 is 133 Å². The van der Waals surface area contributed by atoms with E-state index in [1.807, 2.05) is 0 Å². The van der Waals surface area contributed by atoms with Crippen molar-refractivity contribution in [1.29, 1.82) is 0 Å². The molecule has 3 heterocycles. The van der Waals surface area contributed by atoms with E-state index in [0.717, 1.165) is 0 Å². The van der Waals surface area contributed by atoms with Crippen LogP contribution < -0.4 is 31.3 Å². The lowest BCUT2D eigenvalue weighted by Crippen LogP contribution is -2.62. The normalized spacial score (nSPS) is 24.1. The van der Waals surface area contributed by atoms with Gasteiger partial charge >= 0.3 is 41.8 Å². The highest BCUT2D eigenvalue weighted by Crippen LogP contribution is 2.33. The summed E-state index contributed by atoms with van der Waals surface area (Å²) in [5.74, 6) is -9.96. The van der Waals surface area contributed by atoms with Crippen LogP contribution in [0.2, 0.25) is 0 Å². The van der Waals surface area contributed by atoms with Gasteiger partial charge in [-0.1, -0.05) is 27.7 Å². The van der Waals surface area contributed by atoms with Crippen LogP contribution in [0.4, 0.5) is 0 Å². The van der Waals surface area contributed by atoms with Gasteiger partial charge in [-0.25, -0.2) is 11.2 Å². The number of amides is 8. The van der Waals surface area contributed by atoms with E-state index in [9.17, 15) is 71.9 Å². The molecule has 16 atom stereocenters. The fourth-order valence-electron chi connectivity index (χ4n) is 12.0. The zero-order chi connectivity index (χ0) is 80.0. The molecule has 3 aliphatic heterocycles. The van der Waals surface area contributed by atoms with Crippen molar-refractivity contribution in [3.8, 4) is 0 Å². The third kappa shape index (κ3) is 36.2. The molecule has 3 rings (SSSR count). The van der Waals surface area contributed by atoms with Gasteiger partial charge in [0.25, 0.3) is 5.91 Å². The van der Waals surface area contributed by atoms with E-state index in [1.54, 1.807) is 27.7 Å². The molecule has 0 aliphatic carbocycles. The minimum Gasteiger partial charge on any atom is -0.463 e. The first kappa shape index (κ1) is 93.9. The summed E-state index contributed by atoms with van der Waals surface area (Å²) in [6.07, 6.45) is -9.34. The van der Waals surface area contributed by atoms with Crippen LogP contribution in [0, 0.1) is 17.8 Å². The van der Waals surface area contributed by atoms with Crippen LogP contribution >= 0.6 is 8.02 Å². The highest BCUT2D eigenvalue weighted by molar-refractivity contribution is 8.38. The van der Waals surface area contributed by atoms with Crippen LogP contribution in [0.5, 0.6) is 0 Å². The van der Waals surface area contributed by atoms with Crippen LogP contribution in [0.15, 0.2) is 0 Å². The Balaban J connectivity index is 1.84. The summed E-state index contributed by atoms with van der Waals surface area (Å²) in [6.45, 7) is 16.4. The lowest BCUT2D eigenvalue weighted by atomic mass is 9.88. The standard InChI is InChI=1S/C68H110N8O28PS2/c1-14-50(101-58(90)25-24-56(88)74-107(105)106)65(91)76(29-27-70-55(87)22-16-19-33-93-67-60(72-42(6)78)39(3)63(99-48(12)84)52(103-67)36-96-45(9)81)31-30-75(57(89)23-17-20-34-94-68-61(73-43(7)79)40(4)64(100-49(13)85)53(104-68)37-97-46(10)82)28-26-69-54(86)21-15-18-32-92-66-59(71-41(5)77)38(2)62(98-47(11)83)51(102-66)35-95-44(8)80/h38-40,50-53,59-64,66-68,105H,14-37H2,1-13H3,(H,69,86)(H,70,87)(H,71,77)(H,72,78)(H,73,79)(H,74,88,106)/q-1/t38-,39-,40-,50?,51?,52?,53?,59?,60?,61?,62-,63-,64-,66-,67-,68-/m1/s1. The maximum Gasteiger partial charge on any atom is 0.307 e. The average Bonchev–Trinajstić information content (AvgIpc) is 0.809. The number of hydrogen-bond donors (Lipinski definition) is 6. The van der Waals surface area contributed by atoms with Gasteiger partial charge in [0, 0.05) is 165 Å². The van der Waals surface area contributed by atoms with Gasteiger partial charge in [0.1, 0.15) is 56.4 Å². The lowest BCUT2D eigenvalue weighted by molar-refractivity contribution is -0.262. The van der Waals surface area contributed by atoms with E-state index in [-0.39, 0.29) is 124 Å². The molecule has 0 aromatic carbocycles. The lowest BCUT2D eigenvalue weighted by Gasteiger charge is -2.44. The zero-order valence-electron chi connectivity index (χ0n) is 63.4. The van der Waals surface area contributed by atoms with Gasteiger partial charge in [-0.15, -0.1) is 0 Å². The monoisotopic (exact) mass is 1580 g/mol. The Hall–Kier alpha value is -7.32. The van der Waals surface area contributed by atoms with Crippen LogP contribution in [-0.4, -0.2) is 257 Å². The first-order valence-electron chi connectivity index (χ1n) is 35.8. The Morgan fingerprint density at radius 1 is 0.449 bits per heavy atom. The Labute approximate surface area is 632 Å². The fraction of sp³-hybridized carbons (Fsp3) is 0.779. The van der Waals surface area contributed by atoms with Crippen molar-refractivity contribution in [2.45, 2.75) is 247 Å². The highest BCUT2D eigenvalue weighted by Gasteiger charge is 2.50. The van der Waals surface area contributed by atoms with Gasteiger partial charge in [-0.2, -0.15) is 0 Å². The number of unbranched alkanes of at least 4 members (excludes halogenated alkanes) is 3. The van der Waals surface area contributed by atoms with E-state index in [4.69, 9.17) is 72.8 Å². The third-order valence-electron chi connectivity index (χ3n) is 17.2. The van der Waals surface area contributed by atoms with E-state index in [2.05, 4.69) is 39.3 Å². The molecule has 107 heavy (non-hydrogen) atoms. The molecule has 3 saturated heterocycles. The van der Waals surface area contributed by atoms with Crippen molar-refractivity contribution in [3.05, 3.63) is 0 Å². The molecule has 3 fully saturated rings. The topological polar surface area (TPSA) is 455 Å². The summed E-state index contributed by atoms with van der Waals surface area (Å²) in [4.78, 5) is 193. The molecule has 6 N–H and O–H groups in total. The van der Waals surface area contributed by atoms with Crippen molar-refractivity contribution in [2.24, 2.45) is 17.8 Å². The summed E-state index contributed by atoms with van der Waals surface area (Å²) >= 11 is 4.96. The summed E-state index contributed by atoms with van der Waals surface area (Å²) in [7, 11) is 2.05. The minimum absolute atomic E-state index is 0.00422. The van der Waals surface area contributed by atoms with Crippen LogP contribution in [0.1, 0.15) is 167 Å². The molecule has 0 saturated carbocycles. The predicted octanol–water partition coefficient (Wildman–Crippen LogP) is 0.789. The molecule has 608 valence electrons. The van der Waals surface area contributed by atoms with Gasteiger partial charge < -0.3 is 103 Å². The molecule has 36 nitrogen and oxygen atoms in total.